The minimum atomic E-state index is -0.737. The molecule has 0 saturated carbocycles. The molecule has 0 fully saturated rings. The first-order valence-corrected chi connectivity index (χ1v) is 5.56. The van der Waals surface area contributed by atoms with E-state index in [4.69, 9.17) is 0 Å². The minimum Gasteiger partial charge on any atom is -0.503 e. The zero-order chi connectivity index (χ0) is 13.1. The van der Waals surface area contributed by atoms with E-state index in [-0.39, 0.29) is 12.3 Å². The Morgan fingerprint density at radius 3 is 2.89 bits per heavy atom. The Balaban J connectivity index is 2.25. The number of hydrogen-bond acceptors (Lipinski definition) is 4. The molecule has 18 heavy (non-hydrogen) atoms. The van der Waals surface area contributed by atoms with Crippen molar-refractivity contribution in [1.29, 1.82) is 0 Å². The van der Waals surface area contributed by atoms with Crippen molar-refractivity contribution in [3.63, 3.8) is 0 Å². The summed E-state index contributed by atoms with van der Waals surface area (Å²) in [5, 5.41) is 19.6. The second-order valence-corrected chi connectivity index (χ2v) is 4.07. The molecule has 5 nitrogen and oxygen atoms in total. The average molecular weight is 246 g/mol. The molecule has 2 rings (SSSR count). The Labute approximate surface area is 104 Å². The van der Waals surface area contributed by atoms with Crippen molar-refractivity contribution in [2.45, 2.75) is 19.6 Å². The average Bonchev–Trinajstić information content (AvgIpc) is 2.40. The molecule has 0 aliphatic heterocycles. The fourth-order valence-electron chi connectivity index (χ4n) is 1.73. The van der Waals surface area contributed by atoms with Gasteiger partial charge in [0.2, 0.25) is 5.43 Å². The Morgan fingerprint density at radius 2 is 2.22 bits per heavy atom. The predicted molar refractivity (Wildman–Crippen MR) is 66.3 cm³/mol. The second kappa shape index (κ2) is 5.01. The first-order valence-electron chi connectivity index (χ1n) is 5.56. The first kappa shape index (κ1) is 12.3. The zero-order valence-corrected chi connectivity index (χ0v) is 9.95. The molecule has 0 saturated heterocycles. The fourth-order valence-corrected chi connectivity index (χ4v) is 1.73. The van der Waals surface area contributed by atoms with Crippen LogP contribution in [0.2, 0.25) is 0 Å². The summed E-state index contributed by atoms with van der Waals surface area (Å²) < 4.78 is 1.63. The third kappa shape index (κ3) is 2.41. The molecule has 2 aromatic heterocycles. The normalized spacial score (nSPS) is 12.3. The highest BCUT2D eigenvalue weighted by Crippen LogP contribution is 2.16. The van der Waals surface area contributed by atoms with Gasteiger partial charge in [-0.25, -0.2) is 0 Å². The van der Waals surface area contributed by atoms with Crippen molar-refractivity contribution in [3.05, 3.63) is 58.3 Å². The summed E-state index contributed by atoms with van der Waals surface area (Å²) in [6.45, 7) is 1.89. The lowest BCUT2D eigenvalue weighted by atomic mass is 10.1. The quantitative estimate of drug-likeness (QED) is 0.846. The molecule has 2 heterocycles. The van der Waals surface area contributed by atoms with E-state index in [2.05, 4.69) is 4.98 Å². The van der Waals surface area contributed by atoms with Crippen LogP contribution in [0.3, 0.4) is 0 Å². The van der Waals surface area contributed by atoms with Crippen molar-refractivity contribution in [1.82, 2.24) is 9.55 Å². The monoisotopic (exact) mass is 246 g/mol. The van der Waals surface area contributed by atoms with Crippen LogP contribution in [0.1, 0.15) is 17.4 Å². The van der Waals surface area contributed by atoms with Gasteiger partial charge in [-0.2, -0.15) is 0 Å². The molecule has 94 valence electrons. The maximum Gasteiger partial charge on any atom is 0.223 e. The Hall–Kier alpha value is -2.14. The van der Waals surface area contributed by atoms with Crippen LogP contribution in [0.15, 0.2) is 41.6 Å². The van der Waals surface area contributed by atoms with Crippen LogP contribution in [0.4, 0.5) is 0 Å². The van der Waals surface area contributed by atoms with E-state index in [1.54, 1.807) is 42.2 Å². The van der Waals surface area contributed by atoms with Crippen LogP contribution in [-0.4, -0.2) is 19.8 Å². The lowest BCUT2D eigenvalue weighted by molar-refractivity contribution is 0.154. The van der Waals surface area contributed by atoms with Gasteiger partial charge >= 0.3 is 0 Å². The molecule has 0 spiro atoms. The third-order valence-corrected chi connectivity index (χ3v) is 2.85. The number of pyridine rings is 2. The molecule has 1 atom stereocenters. The number of aliphatic hydroxyl groups excluding tert-OH is 1. The number of aromatic hydroxyl groups is 1. The van der Waals surface area contributed by atoms with E-state index < -0.39 is 11.5 Å². The SMILES string of the molecule is Cc1c(O)c(=O)ccn1C[C@H](O)c1cccnc1. The van der Waals surface area contributed by atoms with Crippen molar-refractivity contribution in [2.24, 2.45) is 0 Å². The highest BCUT2D eigenvalue weighted by atomic mass is 16.3. The lowest BCUT2D eigenvalue weighted by Crippen LogP contribution is -2.14. The Bertz CT molecular complexity index is 593. The highest BCUT2D eigenvalue weighted by molar-refractivity contribution is 5.25. The van der Waals surface area contributed by atoms with Gasteiger partial charge in [0, 0.05) is 30.2 Å². The van der Waals surface area contributed by atoms with Gasteiger partial charge in [0.25, 0.3) is 0 Å². The topological polar surface area (TPSA) is 75.3 Å². The molecule has 2 N–H and O–H groups in total. The summed E-state index contributed by atoms with van der Waals surface area (Å²) in [5.74, 6) is -0.282. The third-order valence-electron chi connectivity index (χ3n) is 2.85. The van der Waals surface area contributed by atoms with E-state index in [9.17, 15) is 15.0 Å². The second-order valence-electron chi connectivity index (χ2n) is 4.07. The lowest BCUT2D eigenvalue weighted by Gasteiger charge is -2.16. The molecule has 0 unspecified atom stereocenters. The van der Waals surface area contributed by atoms with Crippen LogP contribution < -0.4 is 5.43 Å². The van der Waals surface area contributed by atoms with Crippen molar-refractivity contribution < 1.29 is 10.2 Å². The van der Waals surface area contributed by atoms with E-state index in [0.29, 0.717) is 11.3 Å². The maximum atomic E-state index is 11.2. The van der Waals surface area contributed by atoms with Crippen LogP contribution in [0.5, 0.6) is 5.75 Å². The highest BCUT2D eigenvalue weighted by Gasteiger charge is 2.11. The molecule has 0 amide bonds. The van der Waals surface area contributed by atoms with E-state index in [1.807, 2.05) is 0 Å². The summed E-state index contributed by atoms with van der Waals surface area (Å²) in [6, 6.07) is 4.79. The standard InChI is InChI=1S/C13H14N2O3/c1-9-13(18)11(16)4-6-15(9)8-12(17)10-3-2-5-14-7-10/h2-7,12,17-18H,8H2,1H3/t12-/m0/s1. The van der Waals surface area contributed by atoms with Gasteiger partial charge in [-0.15, -0.1) is 0 Å². The number of aromatic nitrogens is 2. The van der Waals surface area contributed by atoms with Gasteiger partial charge in [0.05, 0.1) is 18.3 Å². The largest absolute Gasteiger partial charge is 0.503 e. The van der Waals surface area contributed by atoms with Crippen molar-refractivity contribution >= 4 is 0 Å². The van der Waals surface area contributed by atoms with Crippen LogP contribution in [-0.2, 0) is 6.54 Å². The van der Waals surface area contributed by atoms with Crippen molar-refractivity contribution in [2.75, 3.05) is 0 Å². The van der Waals surface area contributed by atoms with Gasteiger partial charge in [-0.3, -0.25) is 9.78 Å². The smallest absolute Gasteiger partial charge is 0.223 e. The van der Waals surface area contributed by atoms with Gasteiger partial charge in [-0.1, -0.05) is 6.07 Å². The summed E-state index contributed by atoms with van der Waals surface area (Å²) in [7, 11) is 0. The summed E-state index contributed by atoms with van der Waals surface area (Å²) >= 11 is 0. The molecular formula is C13H14N2O3. The molecule has 2 aromatic rings. The molecule has 0 aromatic carbocycles. The fraction of sp³-hybridized carbons (Fsp3) is 0.231. The van der Waals surface area contributed by atoms with Gasteiger partial charge in [0.1, 0.15) is 0 Å². The van der Waals surface area contributed by atoms with Crippen molar-refractivity contribution in [3.8, 4) is 5.75 Å². The number of aliphatic hydroxyl groups is 1. The van der Waals surface area contributed by atoms with E-state index >= 15 is 0 Å². The number of rotatable bonds is 3. The van der Waals surface area contributed by atoms with Crippen LogP contribution in [0.25, 0.3) is 0 Å². The van der Waals surface area contributed by atoms with Gasteiger partial charge in [-0.05, 0) is 13.0 Å². The summed E-state index contributed by atoms with van der Waals surface area (Å²) in [4.78, 5) is 15.1. The molecule has 5 heteroatoms. The first-order chi connectivity index (χ1) is 8.59. The number of nitrogens with zero attached hydrogens (tertiary/aromatic N) is 2. The van der Waals surface area contributed by atoms with Crippen LogP contribution in [0, 0.1) is 6.92 Å². The molecular weight excluding hydrogens is 232 g/mol. The molecule has 0 radical (unpaired) electrons. The number of hydrogen-bond donors (Lipinski definition) is 2. The Morgan fingerprint density at radius 1 is 1.44 bits per heavy atom. The van der Waals surface area contributed by atoms with Gasteiger partial charge in [0.15, 0.2) is 5.75 Å². The predicted octanol–water partition coefficient (Wildman–Crippen LogP) is 0.991. The van der Waals surface area contributed by atoms with E-state index in [0.717, 1.165) is 0 Å². The molecule has 0 aliphatic carbocycles. The summed E-state index contributed by atoms with van der Waals surface area (Å²) in [5.41, 5.74) is 0.708. The zero-order valence-electron chi connectivity index (χ0n) is 9.95. The van der Waals surface area contributed by atoms with Gasteiger partial charge < -0.3 is 14.8 Å². The Kier molecular flexibility index (Phi) is 3.43. The summed E-state index contributed by atoms with van der Waals surface area (Å²) in [6.07, 6.45) is 4.03. The minimum absolute atomic E-state index is 0.255. The van der Waals surface area contributed by atoms with Crippen LogP contribution >= 0.6 is 0 Å². The van der Waals surface area contributed by atoms with E-state index in [1.165, 1.54) is 6.07 Å². The molecule has 0 bridgehead atoms. The maximum absolute atomic E-state index is 11.2. The molecule has 0 aliphatic rings.